The fraction of sp³-hybridized carbons (Fsp3) is 0.423. The zero-order valence-electron chi connectivity index (χ0n) is 18.1. The summed E-state index contributed by atoms with van der Waals surface area (Å²) in [7, 11) is 0. The molecule has 7 nitrogen and oxygen atoms in total. The molecule has 0 spiro atoms. The normalized spacial score (nSPS) is 28.5. The Labute approximate surface area is 191 Å². The van der Waals surface area contributed by atoms with E-state index in [2.05, 4.69) is 29.6 Å². The number of rotatable bonds is 6. The van der Waals surface area contributed by atoms with Crippen molar-refractivity contribution >= 4 is 18.0 Å². The highest BCUT2D eigenvalue weighted by atomic mass is 16.5. The third-order valence-electron chi connectivity index (χ3n) is 7.88. The molecule has 3 fully saturated rings. The molecule has 1 heterocycles. The van der Waals surface area contributed by atoms with Gasteiger partial charge in [-0.1, -0.05) is 48.5 Å². The summed E-state index contributed by atoms with van der Waals surface area (Å²) >= 11 is 0. The maximum atomic E-state index is 12.7. The lowest BCUT2D eigenvalue weighted by molar-refractivity contribution is -0.141. The Morgan fingerprint density at radius 3 is 2.18 bits per heavy atom. The standard InChI is InChI=1S/C26H26N2O5/c29-24(28-11-20-21(12-28)23(20)25(30)31)19-9-14(19)10-27-26(32)33-13-22-17-7-3-1-5-15(17)16-6-2-4-8-18(16)22/h1-8,14,19-23H,9-13H2,(H,27,32)(H,30,31). The average Bonchev–Trinajstić information content (AvgIpc) is 3.67. The Balaban J connectivity index is 0.976. The zero-order chi connectivity index (χ0) is 22.7. The topological polar surface area (TPSA) is 95.9 Å². The number of nitrogens with one attached hydrogen (secondary N) is 1. The molecule has 4 atom stereocenters. The highest BCUT2D eigenvalue weighted by Crippen LogP contribution is 2.53. The summed E-state index contributed by atoms with van der Waals surface area (Å²) in [5.41, 5.74) is 4.73. The van der Waals surface area contributed by atoms with Crippen LogP contribution in [-0.2, 0) is 14.3 Å². The van der Waals surface area contributed by atoms with E-state index in [0.29, 0.717) is 19.6 Å². The predicted molar refractivity (Wildman–Crippen MR) is 119 cm³/mol. The summed E-state index contributed by atoms with van der Waals surface area (Å²) in [5.74, 6) is -0.566. The smallest absolute Gasteiger partial charge is 0.407 e. The molecule has 4 unspecified atom stereocenters. The third kappa shape index (κ3) is 3.46. The van der Waals surface area contributed by atoms with Crippen LogP contribution in [-0.4, -0.2) is 54.2 Å². The molecular formula is C26H26N2O5. The number of carboxylic acids is 1. The number of hydrogen-bond donors (Lipinski definition) is 2. The van der Waals surface area contributed by atoms with Crippen molar-refractivity contribution in [2.24, 2.45) is 29.6 Å². The van der Waals surface area contributed by atoms with Crippen molar-refractivity contribution in [2.45, 2.75) is 12.3 Å². The highest BCUT2D eigenvalue weighted by Gasteiger charge is 2.61. The van der Waals surface area contributed by atoms with Gasteiger partial charge in [-0.3, -0.25) is 9.59 Å². The van der Waals surface area contributed by atoms with Gasteiger partial charge in [0.1, 0.15) is 6.61 Å². The molecule has 1 saturated heterocycles. The summed E-state index contributed by atoms with van der Waals surface area (Å²) in [6.07, 6.45) is 0.304. The molecule has 33 heavy (non-hydrogen) atoms. The number of nitrogens with zero attached hydrogens (tertiary/aromatic N) is 1. The first-order chi connectivity index (χ1) is 16.0. The van der Waals surface area contributed by atoms with Crippen LogP contribution < -0.4 is 5.32 Å². The quantitative estimate of drug-likeness (QED) is 0.711. The van der Waals surface area contributed by atoms with E-state index in [9.17, 15) is 14.4 Å². The van der Waals surface area contributed by atoms with Crippen LogP contribution in [0, 0.1) is 29.6 Å². The summed E-state index contributed by atoms with van der Waals surface area (Å²) in [6.45, 7) is 1.81. The van der Waals surface area contributed by atoms with E-state index >= 15 is 0 Å². The van der Waals surface area contributed by atoms with Gasteiger partial charge in [-0.2, -0.15) is 0 Å². The second-order valence-electron chi connectivity index (χ2n) is 9.74. The molecule has 4 aliphatic rings. The molecule has 170 valence electrons. The number of alkyl carbamates (subject to hydrolysis) is 1. The summed E-state index contributed by atoms with van der Waals surface area (Å²) in [5, 5.41) is 11.9. The highest BCUT2D eigenvalue weighted by molar-refractivity contribution is 5.83. The molecule has 0 bridgehead atoms. The van der Waals surface area contributed by atoms with E-state index in [0.717, 1.165) is 6.42 Å². The first kappa shape index (κ1) is 20.3. The first-order valence-corrected chi connectivity index (χ1v) is 11.6. The third-order valence-corrected chi connectivity index (χ3v) is 7.88. The fourth-order valence-electron chi connectivity index (χ4n) is 5.95. The van der Waals surface area contributed by atoms with E-state index < -0.39 is 12.1 Å². The van der Waals surface area contributed by atoms with Crippen LogP contribution in [0.15, 0.2) is 48.5 Å². The van der Waals surface area contributed by atoms with Crippen molar-refractivity contribution in [1.29, 1.82) is 0 Å². The van der Waals surface area contributed by atoms with Gasteiger partial charge >= 0.3 is 12.1 Å². The average molecular weight is 447 g/mol. The lowest BCUT2D eigenvalue weighted by Crippen LogP contribution is -2.35. The number of aliphatic carboxylic acids is 1. The van der Waals surface area contributed by atoms with Crippen LogP contribution in [0.4, 0.5) is 4.79 Å². The van der Waals surface area contributed by atoms with Gasteiger partial charge in [0, 0.05) is 31.5 Å². The van der Waals surface area contributed by atoms with Gasteiger partial charge < -0.3 is 20.1 Å². The van der Waals surface area contributed by atoms with Crippen LogP contribution in [0.25, 0.3) is 11.1 Å². The number of carbonyl (C=O) groups excluding carboxylic acids is 2. The number of ether oxygens (including phenoxy) is 1. The monoisotopic (exact) mass is 446 g/mol. The van der Waals surface area contributed by atoms with Crippen LogP contribution >= 0.6 is 0 Å². The molecule has 2 amide bonds. The largest absolute Gasteiger partial charge is 0.481 e. The molecule has 6 rings (SSSR count). The molecule has 0 aromatic heterocycles. The molecule has 0 radical (unpaired) electrons. The Hall–Kier alpha value is -3.35. The molecule has 2 aromatic carbocycles. The minimum atomic E-state index is -0.742. The predicted octanol–water partition coefficient (Wildman–Crippen LogP) is 2.95. The number of benzene rings is 2. The van der Waals surface area contributed by atoms with Gasteiger partial charge in [-0.15, -0.1) is 0 Å². The zero-order valence-corrected chi connectivity index (χ0v) is 18.1. The summed E-state index contributed by atoms with van der Waals surface area (Å²) < 4.78 is 5.57. The van der Waals surface area contributed by atoms with Crippen molar-refractivity contribution in [3.05, 3.63) is 59.7 Å². The summed E-state index contributed by atoms with van der Waals surface area (Å²) in [6, 6.07) is 16.4. The molecule has 3 aliphatic carbocycles. The molecule has 1 aliphatic heterocycles. The second-order valence-corrected chi connectivity index (χ2v) is 9.74. The van der Waals surface area contributed by atoms with Crippen LogP contribution in [0.3, 0.4) is 0 Å². The lowest BCUT2D eigenvalue weighted by Gasteiger charge is -2.19. The van der Waals surface area contributed by atoms with Gasteiger partial charge in [-0.25, -0.2) is 4.79 Å². The van der Waals surface area contributed by atoms with Crippen molar-refractivity contribution < 1.29 is 24.2 Å². The number of carbonyl (C=O) groups is 3. The van der Waals surface area contributed by atoms with Crippen LogP contribution in [0.2, 0.25) is 0 Å². The Morgan fingerprint density at radius 2 is 1.58 bits per heavy atom. The Morgan fingerprint density at radius 1 is 0.970 bits per heavy atom. The number of piperidine rings is 1. The van der Waals surface area contributed by atoms with Crippen molar-refractivity contribution in [1.82, 2.24) is 10.2 Å². The van der Waals surface area contributed by atoms with E-state index in [1.165, 1.54) is 22.3 Å². The van der Waals surface area contributed by atoms with Crippen molar-refractivity contribution in [3.8, 4) is 11.1 Å². The number of carboxylic acid groups (broad SMARTS) is 1. The second kappa shape index (κ2) is 7.61. The number of hydrogen-bond acceptors (Lipinski definition) is 4. The van der Waals surface area contributed by atoms with Crippen LogP contribution in [0.5, 0.6) is 0 Å². The van der Waals surface area contributed by atoms with Gasteiger partial charge in [0.05, 0.1) is 5.92 Å². The molecule has 2 aromatic rings. The van der Waals surface area contributed by atoms with Gasteiger partial charge in [-0.05, 0) is 46.4 Å². The first-order valence-electron chi connectivity index (χ1n) is 11.6. The lowest BCUT2D eigenvalue weighted by atomic mass is 9.98. The van der Waals surface area contributed by atoms with Gasteiger partial charge in [0.15, 0.2) is 0 Å². The molecule has 2 N–H and O–H groups in total. The van der Waals surface area contributed by atoms with E-state index in [4.69, 9.17) is 9.84 Å². The molecule has 2 saturated carbocycles. The number of amides is 2. The Kier molecular flexibility index (Phi) is 4.67. The summed E-state index contributed by atoms with van der Waals surface area (Å²) in [4.78, 5) is 37.9. The molecular weight excluding hydrogens is 420 g/mol. The van der Waals surface area contributed by atoms with Crippen LogP contribution in [0.1, 0.15) is 23.5 Å². The van der Waals surface area contributed by atoms with E-state index in [1.54, 1.807) is 0 Å². The minimum absolute atomic E-state index is 0.0228. The van der Waals surface area contributed by atoms with Gasteiger partial charge in [0.2, 0.25) is 5.91 Å². The maximum Gasteiger partial charge on any atom is 0.407 e. The van der Waals surface area contributed by atoms with E-state index in [-0.39, 0.29) is 48.0 Å². The fourth-order valence-corrected chi connectivity index (χ4v) is 5.95. The van der Waals surface area contributed by atoms with Crippen molar-refractivity contribution in [2.75, 3.05) is 26.2 Å². The van der Waals surface area contributed by atoms with Crippen molar-refractivity contribution in [3.63, 3.8) is 0 Å². The van der Waals surface area contributed by atoms with Gasteiger partial charge in [0.25, 0.3) is 0 Å². The SMILES string of the molecule is O=C(NCC1CC1C(=O)N1CC2C(C1)C2C(=O)O)OCC1c2ccccc2-c2ccccc21. The Bertz CT molecular complexity index is 1090. The number of fused-ring (bicyclic) bond motifs is 4. The maximum absolute atomic E-state index is 12.7. The van der Waals surface area contributed by atoms with E-state index in [1.807, 2.05) is 29.2 Å². The molecule has 7 heteroatoms. The minimum Gasteiger partial charge on any atom is -0.481 e. The number of likely N-dealkylation sites (tertiary alicyclic amines) is 1.